The summed E-state index contributed by atoms with van der Waals surface area (Å²) >= 11 is 0. The van der Waals surface area contributed by atoms with Gasteiger partial charge in [-0.1, -0.05) is 6.07 Å². The van der Waals surface area contributed by atoms with Crippen molar-refractivity contribution in [3.05, 3.63) is 34.6 Å². The second-order valence-corrected chi connectivity index (χ2v) is 4.99. The normalized spacial score (nSPS) is 11.6. The van der Waals surface area contributed by atoms with Crippen LogP contribution in [0.15, 0.2) is 12.1 Å². The van der Waals surface area contributed by atoms with E-state index >= 15 is 0 Å². The Hall–Kier alpha value is -2.30. The molecular formula is C14H15N3O2. The molecule has 1 aromatic carbocycles. The van der Waals surface area contributed by atoms with Crippen molar-refractivity contribution in [1.29, 1.82) is 0 Å². The van der Waals surface area contributed by atoms with Crippen molar-refractivity contribution in [1.82, 2.24) is 14.0 Å². The van der Waals surface area contributed by atoms with Crippen LogP contribution in [0.1, 0.15) is 27.3 Å². The van der Waals surface area contributed by atoms with Gasteiger partial charge in [-0.15, -0.1) is 0 Å². The van der Waals surface area contributed by atoms with Crippen molar-refractivity contribution in [2.45, 2.75) is 20.8 Å². The molecule has 0 atom stereocenters. The van der Waals surface area contributed by atoms with Gasteiger partial charge in [0.2, 0.25) is 5.78 Å². The Kier molecular flexibility index (Phi) is 2.23. The number of hydrogen-bond acceptors (Lipinski definition) is 2. The number of rotatable bonds is 1. The summed E-state index contributed by atoms with van der Waals surface area (Å²) in [5.41, 5.74) is 4.87. The van der Waals surface area contributed by atoms with Crippen LogP contribution in [0.2, 0.25) is 0 Å². The summed E-state index contributed by atoms with van der Waals surface area (Å²) in [7, 11) is 1.84. The highest BCUT2D eigenvalue weighted by Gasteiger charge is 2.22. The molecule has 0 unspecified atom stereocenters. The second kappa shape index (κ2) is 3.60. The van der Waals surface area contributed by atoms with Crippen LogP contribution in [-0.2, 0) is 7.05 Å². The Morgan fingerprint density at radius 2 is 1.95 bits per heavy atom. The standard InChI is InChI=1S/C14H15N3O2/c1-7-5-8(2)11-10(6-7)17-12(13(18)19)9(3)16(4)14(17)15-11/h5-6H,1-4H3,(H,18,19). The fraction of sp³-hybridized carbons (Fsp3) is 0.286. The van der Waals surface area contributed by atoms with E-state index in [2.05, 4.69) is 11.1 Å². The van der Waals surface area contributed by atoms with Gasteiger partial charge in [0.1, 0.15) is 0 Å². The maximum atomic E-state index is 11.5. The molecule has 0 aliphatic rings. The number of fused-ring (bicyclic) bond motifs is 3. The van der Waals surface area contributed by atoms with E-state index in [-0.39, 0.29) is 5.69 Å². The number of carbonyl (C=O) groups is 1. The van der Waals surface area contributed by atoms with E-state index in [4.69, 9.17) is 0 Å². The second-order valence-electron chi connectivity index (χ2n) is 4.99. The summed E-state index contributed by atoms with van der Waals surface area (Å²) < 4.78 is 3.55. The van der Waals surface area contributed by atoms with Gasteiger partial charge in [-0.05, 0) is 38.0 Å². The van der Waals surface area contributed by atoms with Crippen LogP contribution in [0.5, 0.6) is 0 Å². The van der Waals surface area contributed by atoms with Gasteiger partial charge in [-0.25, -0.2) is 9.78 Å². The number of imidazole rings is 2. The lowest BCUT2D eigenvalue weighted by atomic mass is 10.1. The summed E-state index contributed by atoms with van der Waals surface area (Å²) in [6.45, 7) is 5.80. The molecule has 5 heteroatoms. The average molecular weight is 257 g/mol. The van der Waals surface area contributed by atoms with Crippen molar-refractivity contribution in [3.63, 3.8) is 0 Å². The number of nitrogens with zero attached hydrogens (tertiary/aromatic N) is 3. The smallest absolute Gasteiger partial charge is 0.354 e. The largest absolute Gasteiger partial charge is 0.477 e. The van der Waals surface area contributed by atoms with E-state index in [1.165, 1.54) is 0 Å². The van der Waals surface area contributed by atoms with Gasteiger partial charge < -0.3 is 9.67 Å². The molecule has 0 aliphatic carbocycles. The average Bonchev–Trinajstić information content (AvgIpc) is 2.78. The highest BCUT2D eigenvalue weighted by atomic mass is 16.4. The molecule has 0 saturated carbocycles. The lowest BCUT2D eigenvalue weighted by Gasteiger charge is -2.01. The van der Waals surface area contributed by atoms with Gasteiger partial charge in [-0.3, -0.25) is 4.40 Å². The molecule has 2 heterocycles. The zero-order valence-corrected chi connectivity index (χ0v) is 11.4. The summed E-state index contributed by atoms with van der Waals surface area (Å²) in [5, 5.41) is 9.43. The van der Waals surface area contributed by atoms with E-state index in [0.717, 1.165) is 22.2 Å². The molecule has 3 aromatic rings. The van der Waals surface area contributed by atoms with Crippen molar-refractivity contribution in [2.24, 2.45) is 7.05 Å². The molecule has 0 fully saturated rings. The monoisotopic (exact) mass is 257 g/mol. The SMILES string of the molecule is Cc1cc(C)c2nc3n(C)c(C)c(C(=O)O)n3c2c1. The van der Waals surface area contributed by atoms with Crippen molar-refractivity contribution in [3.8, 4) is 0 Å². The minimum Gasteiger partial charge on any atom is -0.477 e. The summed E-state index contributed by atoms with van der Waals surface area (Å²) in [6, 6.07) is 4.04. The van der Waals surface area contributed by atoms with Gasteiger partial charge in [0.15, 0.2) is 5.69 Å². The maximum Gasteiger partial charge on any atom is 0.354 e. The Labute approximate surface area is 110 Å². The molecular weight excluding hydrogens is 242 g/mol. The molecule has 5 nitrogen and oxygen atoms in total. The van der Waals surface area contributed by atoms with Gasteiger partial charge in [-0.2, -0.15) is 0 Å². The third kappa shape index (κ3) is 1.41. The fourth-order valence-electron chi connectivity index (χ4n) is 2.68. The number of carboxylic acids is 1. The topological polar surface area (TPSA) is 59.5 Å². The number of carboxylic acid groups (broad SMARTS) is 1. The highest BCUT2D eigenvalue weighted by molar-refractivity contribution is 5.93. The molecule has 2 aromatic heterocycles. The van der Waals surface area contributed by atoms with Crippen LogP contribution >= 0.6 is 0 Å². The first-order valence-electron chi connectivity index (χ1n) is 6.09. The Morgan fingerprint density at radius 1 is 1.26 bits per heavy atom. The maximum absolute atomic E-state index is 11.5. The zero-order valence-electron chi connectivity index (χ0n) is 11.4. The highest BCUT2D eigenvalue weighted by Crippen LogP contribution is 2.26. The van der Waals surface area contributed by atoms with Crippen molar-refractivity contribution >= 4 is 22.8 Å². The third-order valence-electron chi connectivity index (χ3n) is 3.65. The first-order valence-corrected chi connectivity index (χ1v) is 6.09. The molecule has 0 amide bonds. The van der Waals surface area contributed by atoms with Gasteiger partial charge >= 0.3 is 5.97 Å². The van der Waals surface area contributed by atoms with Crippen LogP contribution in [-0.4, -0.2) is 25.0 Å². The van der Waals surface area contributed by atoms with Gasteiger partial charge in [0.25, 0.3) is 0 Å². The minimum absolute atomic E-state index is 0.282. The van der Waals surface area contributed by atoms with E-state index in [0.29, 0.717) is 11.5 Å². The summed E-state index contributed by atoms with van der Waals surface area (Å²) in [6.07, 6.45) is 0. The van der Waals surface area contributed by atoms with Crippen LogP contribution < -0.4 is 0 Å². The van der Waals surface area contributed by atoms with Crippen LogP contribution in [0.25, 0.3) is 16.8 Å². The van der Waals surface area contributed by atoms with Crippen LogP contribution in [0.3, 0.4) is 0 Å². The lowest BCUT2D eigenvalue weighted by molar-refractivity contribution is 0.0688. The lowest BCUT2D eigenvalue weighted by Crippen LogP contribution is -2.04. The molecule has 98 valence electrons. The number of aryl methyl sites for hydroxylation is 3. The number of hydrogen-bond donors (Lipinski definition) is 1. The van der Waals surface area contributed by atoms with E-state index in [1.807, 2.05) is 31.5 Å². The summed E-state index contributed by atoms with van der Waals surface area (Å²) in [5.74, 6) is -0.264. The predicted molar refractivity (Wildman–Crippen MR) is 72.8 cm³/mol. The Bertz CT molecular complexity index is 840. The van der Waals surface area contributed by atoms with E-state index in [1.54, 1.807) is 11.3 Å². The molecule has 0 aliphatic heterocycles. The first-order chi connectivity index (χ1) is 8.91. The molecule has 1 N–H and O–H groups in total. The molecule has 19 heavy (non-hydrogen) atoms. The Balaban J connectivity index is 2.63. The van der Waals surface area contributed by atoms with Crippen LogP contribution in [0, 0.1) is 20.8 Å². The van der Waals surface area contributed by atoms with E-state index in [9.17, 15) is 9.90 Å². The molecule has 0 saturated heterocycles. The zero-order chi connectivity index (χ0) is 13.9. The van der Waals surface area contributed by atoms with Gasteiger partial charge in [0.05, 0.1) is 11.0 Å². The third-order valence-corrected chi connectivity index (χ3v) is 3.65. The first kappa shape index (κ1) is 11.8. The number of aromatic carboxylic acids is 1. The van der Waals surface area contributed by atoms with Crippen molar-refractivity contribution < 1.29 is 9.90 Å². The Morgan fingerprint density at radius 3 is 2.58 bits per heavy atom. The summed E-state index contributed by atoms with van der Waals surface area (Å²) in [4.78, 5) is 16.1. The predicted octanol–water partition coefficient (Wildman–Crippen LogP) is 2.45. The van der Waals surface area contributed by atoms with Crippen molar-refractivity contribution in [2.75, 3.05) is 0 Å². The molecule has 3 rings (SSSR count). The molecule has 0 radical (unpaired) electrons. The fourth-order valence-corrected chi connectivity index (χ4v) is 2.68. The number of aromatic nitrogens is 3. The van der Waals surface area contributed by atoms with Crippen LogP contribution in [0.4, 0.5) is 0 Å². The molecule has 0 bridgehead atoms. The van der Waals surface area contributed by atoms with E-state index < -0.39 is 5.97 Å². The molecule has 0 spiro atoms. The van der Waals surface area contributed by atoms with Gasteiger partial charge in [0, 0.05) is 12.7 Å². The quantitative estimate of drug-likeness (QED) is 0.728. The minimum atomic E-state index is -0.929. The number of benzene rings is 1.